The van der Waals surface area contributed by atoms with Gasteiger partial charge in [-0.3, -0.25) is 0 Å². The normalized spacial score (nSPS) is 21.4. The van der Waals surface area contributed by atoms with E-state index in [4.69, 9.17) is 15.3 Å². The fraction of sp³-hybridized carbons (Fsp3) is 0.200. The molecule has 0 N–H and O–H groups in total. The first-order valence-electron chi connectivity index (χ1n) is 7.56. The van der Waals surface area contributed by atoms with Crippen LogP contribution >= 0.6 is 0 Å². The van der Waals surface area contributed by atoms with Crippen molar-refractivity contribution in [1.29, 1.82) is 21.0 Å². The molecule has 1 heterocycles. The highest BCUT2D eigenvalue weighted by atomic mass is 16.5. The van der Waals surface area contributed by atoms with Gasteiger partial charge in [0, 0.05) is 5.92 Å². The highest BCUT2D eigenvalue weighted by Crippen LogP contribution is 2.37. The van der Waals surface area contributed by atoms with E-state index in [-0.39, 0.29) is 29.6 Å². The van der Waals surface area contributed by atoms with Crippen molar-refractivity contribution in [3.63, 3.8) is 0 Å². The van der Waals surface area contributed by atoms with Crippen LogP contribution in [0.25, 0.3) is 0 Å². The molecule has 120 valence electrons. The van der Waals surface area contributed by atoms with Crippen LogP contribution in [-0.4, -0.2) is 6.10 Å². The smallest absolute Gasteiger partial charge is 0.134 e. The molecule has 2 atom stereocenters. The zero-order valence-corrected chi connectivity index (χ0v) is 13.6. The summed E-state index contributed by atoms with van der Waals surface area (Å²) in [6, 6.07) is 7.57. The Morgan fingerprint density at radius 1 is 1.04 bits per heavy atom. The van der Waals surface area contributed by atoms with Crippen LogP contribution < -0.4 is 0 Å². The van der Waals surface area contributed by atoms with E-state index in [0.29, 0.717) is 11.1 Å². The zero-order chi connectivity index (χ0) is 18.2. The summed E-state index contributed by atoms with van der Waals surface area (Å²) in [5.41, 5.74) is 1.98. The third kappa shape index (κ3) is 3.94. The summed E-state index contributed by atoms with van der Waals surface area (Å²) >= 11 is 0. The first-order valence-corrected chi connectivity index (χ1v) is 7.56. The monoisotopic (exact) mass is 326 g/mol. The lowest BCUT2D eigenvalue weighted by molar-refractivity contribution is 0.224. The van der Waals surface area contributed by atoms with Crippen LogP contribution in [0.15, 0.2) is 70.6 Å². The largest absolute Gasteiger partial charge is 0.490 e. The minimum atomic E-state index is -0.250. The van der Waals surface area contributed by atoms with Crippen LogP contribution in [0, 0.1) is 51.2 Å². The molecule has 2 aliphatic rings. The van der Waals surface area contributed by atoms with Gasteiger partial charge in [0.05, 0.1) is 6.26 Å². The average Bonchev–Trinajstić information content (AvgIpc) is 2.64. The molecule has 0 aromatic rings. The van der Waals surface area contributed by atoms with Crippen molar-refractivity contribution in [2.24, 2.45) is 5.92 Å². The molecule has 0 radical (unpaired) electrons. The molecule has 0 spiro atoms. The quantitative estimate of drug-likeness (QED) is 0.569. The summed E-state index contributed by atoms with van der Waals surface area (Å²) < 4.78 is 5.43. The second-order valence-electron chi connectivity index (χ2n) is 5.49. The minimum Gasteiger partial charge on any atom is -0.490 e. The molecule has 0 saturated carbocycles. The third-order valence-electron chi connectivity index (χ3n) is 3.96. The number of hydrogen-bond acceptors (Lipinski definition) is 5. The van der Waals surface area contributed by atoms with E-state index in [0.717, 1.165) is 5.57 Å². The van der Waals surface area contributed by atoms with Crippen LogP contribution in [0.1, 0.15) is 13.3 Å². The van der Waals surface area contributed by atoms with Crippen molar-refractivity contribution >= 4 is 0 Å². The van der Waals surface area contributed by atoms with E-state index in [1.165, 1.54) is 0 Å². The lowest BCUT2D eigenvalue weighted by atomic mass is 9.78. The third-order valence-corrected chi connectivity index (χ3v) is 3.96. The number of rotatable bonds is 2. The van der Waals surface area contributed by atoms with Crippen molar-refractivity contribution in [2.75, 3.05) is 0 Å². The van der Waals surface area contributed by atoms with E-state index < -0.39 is 0 Å². The molecular formula is C20H14N4O. The minimum absolute atomic E-state index is 0.00167. The molecule has 0 aromatic heterocycles. The lowest BCUT2D eigenvalue weighted by Gasteiger charge is -2.25. The summed E-state index contributed by atoms with van der Waals surface area (Å²) in [4.78, 5) is 0. The van der Waals surface area contributed by atoms with Crippen LogP contribution in [0.2, 0.25) is 0 Å². The number of nitriles is 4. The Hall–Kier alpha value is -3.80. The standard InChI is InChI=1S/C20H14N4O/c1-14-8-15(16(10-21)11-22)9-20(17(12-23)13-24)19(14)6-5-18-4-2-3-7-25-18/h2-8,18-19H,9H2,1H3. The van der Waals surface area contributed by atoms with Crippen LogP contribution in [-0.2, 0) is 4.74 Å². The van der Waals surface area contributed by atoms with Crippen molar-refractivity contribution in [2.45, 2.75) is 19.4 Å². The second-order valence-corrected chi connectivity index (χ2v) is 5.49. The van der Waals surface area contributed by atoms with Gasteiger partial charge in [-0.05, 0) is 42.7 Å². The number of nitrogens with zero attached hydrogens (tertiary/aromatic N) is 4. The van der Waals surface area contributed by atoms with Crippen molar-refractivity contribution in [3.8, 4) is 24.3 Å². The first kappa shape index (κ1) is 17.6. The number of hydrogen-bond donors (Lipinski definition) is 0. The second kappa shape index (κ2) is 8.16. The van der Waals surface area contributed by atoms with Gasteiger partial charge in [-0.25, -0.2) is 0 Å². The maximum Gasteiger partial charge on any atom is 0.134 e. The van der Waals surface area contributed by atoms with Gasteiger partial charge in [-0.15, -0.1) is 0 Å². The molecule has 2 unspecified atom stereocenters. The fourth-order valence-corrected chi connectivity index (χ4v) is 2.75. The average molecular weight is 326 g/mol. The summed E-state index contributed by atoms with van der Waals surface area (Å²) in [5.74, 6) is -0.250. The van der Waals surface area contributed by atoms with Gasteiger partial charge in [0.25, 0.3) is 0 Å². The Morgan fingerprint density at radius 3 is 2.28 bits per heavy atom. The van der Waals surface area contributed by atoms with E-state index in [2.05, 4.69) is 0 Å². The maximum atomic E-state index is 9.27. The van der Waals surface area contributed by atoms with Gasteiger partial charge >= 0.3 is 0 Å². The molecule has 0 aromatic carbocycles. The van der Waals surface area contributed by atoms with E-state index in [1.54, 1.807) is 18.4 Å². The SMILES string of the molecule is CC1=CC(=C(C#N)C#N)CC(=C(C#N)C#N)C1C=CC1C=CC=CO1. The van der Waals surface area contributed by atoms with Gasteiger partial charge in [0.2, 0.25) is 0 Å². The summed E-state index contributed by atoms with van der Waals surface area (Å²) in [5, 5.41) is 36.7. The van der Waals surface area contributed by atoms with Crippen LogP contribution in [0.3, 0.4) is 0 Å². The Balaban J connectivity index is 2.50. The van der Waals surface area contributed by atoms with E-state index in [1.807, 2.05) is 55.5 Å². The maximum absolute atomic E-state index is 9.27. The Morgan fingerprint density at radius 2 is 1.72 bits per heavy atom. The molecule has 25 heavy (non-hydrogen) atoms. The van der Waals surface area contributed by atoms with Gasteiger partial charge in [-0.1, -0.05) is 23.8 Å². The summed E-state index contributed by atoms with van der Waals surface area (Å²) in [7, 11) is 0. The Bertz CT molecular complexity index is 883. The van der Waals surface area contributed by atoms with Crippen molar-refractivity contribution in [3.05, 3.63) is 70.6 Å². The highest BCUT2D eigenvalue weighted by molar-refractivity contribution is 5.55. The van der Waals surface area contributed by atoms with Gasteiger partial charge in [0.1, 0.15) is 41.5 Å². The molecule has 5 nitrogen and oxygen atoms in total. The molecule has 1 aliphatic heterocycles. The van der Waals surface area contributed by atoms with E-state index in [9.17, 15) is 10.5 Å². The Labute approximate surface area is 146 Å². The van der Waals surface area contributed by atoms with Crippen molar-refractivity contribution < 1.29 is 4.74 Å². The molecule has 0 saturated heterocycles. The number of allylic oxidation sites excluding steroid dienone is 9. The molecule has 0 bridgehead atoms. The predicted octanol–water partition coefficient (Wildman–Crippen LogP) is 3.67. The lowest BCUT2D eigenvalue weighted by Crippen LogP contribution is -2.14. The van der Waals surface area contributed by atoms with Crippen LogP contribution in [0.5, 0.6) is 0 Å². The molecular weight excluding hydrogens is 312 g/mol. The van der Waals surface area contributed by atoms with Gasteiger partial charge < -0.3 is 4.74 Å². The topological polar surface area (TPSA) is 104 Å². The molecule has 1 aliphatic carbocycles. The van der Waals surface area contributed by atoms with Gasteiger partial charge in [-0.2, -0.15) is 21.0 Å². The summed E-state index contributed by atoms with van der Waals surface area (Å²) in [6.07, 6.45) is 12.7. The molecule has 2 rings (SSSR count). The van der Waals surface area contributed by atoms with Crippen molar-refractivity contribution in [1.82, 2.24) is 0 Å². The van der Waals surface area contributed by atoms with Gasteiger partial charge in [0.15, 0.2) is 0 Å². The molecule has 0 fully saturated rings. The van der Waals surface area contributed by atoms with Crippen LogP contribution in [0.4, 0.5) is 0 Å². The predicted molar refractivity (Wildman–Crippen MR) is 90.7 cm³/mol. The molecule has 5 heteroatoms. The Kier molecular flexibility index (Phi) is 5.73. The number of ether oxygens (including phenoxy) is 1. The first-order chi connectivity index (χ1) is 12.1. The van der Waals surface area contributed by atoms with E-state index >= 15 is 0 Å². The summed E-state index contributed by atoms with van der Waals surface area (Å²) in [6.45, 7) is 1.85. The highest BCUT2D eigenvalue weighted by Gasteiger charge is 2.25. The fourth-order valence-electron chi connectivity index (χ4n) is 2.75. The zero-order valence-electron chi connectivity index (χ0n) is 13.6. The molecule has 0 amide bonds.